The number of hydrogen-bond acceptors (Lipinski definition) is 4. The van der Waals surface area contributed by atoms with Gasteiger partial charge in [0.1, 0.15) is 0 Å². The Balaban J connectivity index is 4.24. The number of rotatable bonds is 17. The van der Waals surface area contributed by atoms with Crippen LogP contribution in [0.3, 0.4) is 0 Å². The van der Waals surface area contributed by atoms with Crippen LogP contribution in [-0.4, -0.2) is 22.2 Å². The predicted octanol–water partition coefficient (Wildman–Crippen LogP) is 7.46. The van der Waals surface area contributed by atoms with E-state index < -0.39 is 11.5 Å². The summed E-state index contributed by atoms with van der Waals surface area (Å²) in [6.45, 7) is 8.26. The highest BCUT2D eigenvalue weighted by atomic mass is 16.4. The molecule has 0 aliphatic heterocycles. The molecule has 0 aromatic rings. The highest BCUT2D eigenvalue weighted by Crippen LogP contribution is 2.28. The molecule has 0 amide bonds. The van der Waals surface area contributed by atoms with E-state index in [2.05, 4.69) is 23.2 Å². The molecule has 0 saturated heterocycles. The minimum atomic E-state index is -0.695. The number of carbonyl (C=O) groups is 1. The second kappa shape index (κ2) is 15.5. The standard InChI is InChI=1S/C23H43N3O2/c1-5-6-7-15-18-23(20-24,26-25-22(2,3)4)19-16-13-11-9-8-10-12-14-17-21(27)28/h5-19H2,1-4H3,(H,27,28)/b26-25+. The molecule has 0 spiro atoms. The molecule has 0 aliphatic carbocycles. The van der Waals surface area contributed by atoms with Crippen LogP contribution in [0.1, 0.15) is 124 Å². The fourth-order valence-corrected chi connectivity index (χ4v) is 3.20. The van der Waals surface area contributed by atoms with Gasteiger partial charge in [0, 0.05) is 6.42 Å². The molecule has 1 unspecified atom stereocenters. The van der Waals surface area contributed by atoms with Gasteiger partial charge in [0.2, 0.25) is 0 Å². The number of azo groups is 1. The van der Waals surface area contributed by atoms with Gasteiger partial charge in [-0.15, -0.1) is 0 Å². The van der Waals surface area contributed by atoms with Crippen LogP contribution in [0.15, 0.2) is 10.2 Å². The third-order valence-corrected chi connectivity index (χ3v) is 4.92. The van der Waals surface area contributed by atoms with Gasteiger partial charge in [-0.1, -0.05) is 64.7 Å². The van der Waals surface area contributed by atoms with Gasteiger partial charge in [0.05, 0.1) is 11.6 Å². The monoisotopic (exact) mass is 393 g/mol. The molecule has 0 aromatic heterocycles. The average Bonchev–Trinajstić information content (AvgIpc) is 2.63. The molecule has 5 heteroatoms. The Morgan fingerprint density at radius 2 is 1.29 bits per heavy atom. The SMILES string of the molecule is CCCCCCC(C#N)(CCCCCCCCCCC(=O)O)/N=N/C(C)(C)C. The summed E-state index contributed by atoms with van der Waals surface area (Å²) in [4.78, 5) is 10.5. The highest BCUT2D eigenvalue weighted by Gasteiger charge is 2.29. The first-order chi connectivity index (χ1) is 13.2. The van der Waals surface area contributed by atoms with Gasteiger partial charge in [-0.05, 0) is 52.9 Å². The van der Waals surface area contributed by atoms with Crippen molar-refractivity contribution in [1.29, 1.82) is 5.26 Å². The van der Waals surface area contributed by atoms with Gasteiger partial charge in [0.25, 0.3) is 0 Å². The van der Waals surface area contributed by atoms with Gasteiger partial charge < -0.3 is 5.11 Å². The molecule has 1 N–H and O–H groups in total. The Hall–Kier alpha value is -1.44. The van der Waals surface area contributed by atoms with Gasteiger partial charge in [0.15, 0.2) is 5.54 Å². The largest absolute Gasteiger partial charge is 0.481 e. The molecule has 0 saturated carbocycles. The summed E-state index contributed by atoms with van der Waals surface area (Å²) < 4.78 is 0. The molecular formula is C23H43N3O2. The van der Waals surface area contributed by atoms with Crippen molar-refractivity contribution < 1.29 is 9.90 Å². The molecule has 0 heterocycles. The summed E-state index contributed by atoms with van der Waals surface area (Å²) in [5, 5.41) is 27.4. The first kappa shape index (κ1) is 26.6. The lowest BCUT2D eigenvalue weighted by atomic mass is 9.88. The van der Waals surface area contributed by atoms with E-state index in [1.54, 1.807) is 0 Å². The molecule has 28 heavy (non-hydrogen) atoms. The van der Waals surface area contributed by atoms with Crippen LogP contribution in [0.25, 0.3) is 0 Å². The number of unbranched alkanes of at least 4 members (excludes halogenated alkanes) is 10. The van der Waals surface area contributed by atoms with E-state index >= 15 is 0 Å². The Bertz CT molecular complexity index is 477. The highest BCUT2D eigenvalue weighted by molar-refractivity contribution is 5.66. The van der Waals surface area contributed by atoms with Crippen molar-refractivity contribution in [3.05, 3.63) is 0 Å². The number of carboxylic acids is 1. The number of nitrogens with zero attached hydrogens (tertiary/aromatic N) is 3. The Labute approximate surface area is 173 Å². The van der Waals surface area contributed by atoms with Crippen molar-refractivity contribution in [2.75, 3.05) is 0 Å². The zero-order valence-corrected chi connectivity index (χ0v) is 18.8. The van der Waals surface area contributed by atoms with Crippen molar-refractivity contribution in [3.8, 4) is 6.07 Å². The maximum Gasteiger partial charge on any atom is 0.303 e. The lowest BCUT2D eigenvalue weighted by Gasteiger charge is -2.23. The number of nitriles is 1. The maximum absolute atomic E-state index is 10.5. The normalized spacial score (nSPS) is 14.1. The molecule has 0 bridgehead atoms. The molecule has 0 radical (unpaired) electrons. The maximum atomic E-state index is 10.5. The van der Waals surface area contributed by atoms with Crippen LogP contribution in [0.4, 0.5) is 0 Å². The van der Waals surface area contributed by atoms with E-state index in [0.29, 0.717) is 0 Å². The summed E-state index contributed by atoms with van der Waals surface area (Å²) >= 11 is 0. The molecule has 5 nitrogen and oxygen atoms in total. The van der Waals surface area contributed by atoms with E-state index in [4.69, 9.17) is 5.11 Å². The van der Waals surface area contributed by atoms with E-state index in [1.165, 1.54) is 32.1 Å². The zero-order valence-electron chi connectivity index (χ0n) is 18.8. The minimum absolute atomic E-state index is 0.244. The molecular weight excluding hydrogens is 350 g/mol. The summed E-state index contributed by atoms with van der Waals surface area (Å²) in [6.07, 6.45) is 15.1. The fourth-order valence-electron chi connectivity index (χ4n) is 3.20. The van der Waals surface area contributed by atoms with Crippen molar-refractivity contribution in [3.63, 3.8) is 0 Å². The van der Waals surface area contributed by atoms with E-state index in [1.807, 2.05) is 20.8 Å². The summed E-state index contributed by atoms with van der Waals surface area (Å²) in [5.74, 6) is -0.695. The van der Waals surface area contributed by atoms with Gasteiger partial charge in [-0.2, -0.15) is 15.5 Å². The van der Waals surface area contributed by atoms with E-state index in [-0.39, 0.29) is 12.0 Å². The lowest BCUT2D eigenvalue weighted by molar-refractivity contribution is -0.137. The van der Waals surface area contributed by atoms with Gasteiger partial charge in [-0.3, -0.25) is 4.79 Å². The predicted molar refractivity (Wildman–Crippen MR) is 116 cm³/mol. The molecule has 0 aliphatic rings. The van der Waals surface area contributed by atoms with E-state index in [9.17, 15) is 10.1 Å². The molecule has 0 aromatic carbocycles. The van der Waals surface area contributed by atoms with Gasteiger partial charge >= 0.3 is 5.97 Å². The van der Waals surface area contributed by atoms with E-state index in [0.717, 1.165) is 57.8 Å². The summed E-state index contributed by atoms with van der Waals surface area (Å²) in [6, 6.07) is 2.49. The van der Waals surface area contributed by atoms with Crippen molar-refractivity contribution >= 4 is 5.97 Å². The first-order valence-corrected chi connectivity index (χ1v) is 11.3. The second-order valence-corrected chi connectivity index (χ2v) is 9.05. The second-order valence-electron chi connectivity index (χ2n) is 9.05. The average molecular weight is 394 g/mol. The number of aliphatic carboxylic acids is 1. The quantitative estimate of drug-likeness (QED) is 0.205. The first-order valence-electron chi connectivity index (χ1n) is 11.3. The Morgan fingerprint density at radius 3 is 1.71 bits per heavy atom. The Morgan fingerprint density at radius 1 is 0.821 bits per heavy atom. The molecule has 162 valence electrons. The third-order valence-electron chi connectivity index (χ3n) is 4.92. The number of hydrogen-bond donors (Lipinski definition) is 1. The van der Waals surface area contributed by atoms with Crippen LogP contribution in [0, 0.1) is 11.3 Å². The fraction of sp³-hybridized carbons (Fsp3) is 0.913. The van der Waals surface area contributed by atoms with Crippen LogP contribution in [-0.2, 0) is 4.79 Å². The third kappa shape index (κ3) is 15.6. The van der Waals surface area contributed by atoms with Crippen LogP contribution >= 0.6 is 0 Å². The Kier molecular flexibility index (Phi) is 14.7. The van der Waals surface area contributed by atoms with Gasteiger partial charge in [-0.25, -0.2) is 0 Å². The molecule has 0 rings (SSSR count). The smallest absolute Gasteiger partial charge is 0.303 e. The van der Waals surface area contributed by atoms with Crippen molar-refractivity contribution in [2.24, 2.45) is 10.2 Å². The summed E-state index contributed by atoms with van der Waals surface area (Å²) in [5.41, 5.74) is -0.899. The molecule has 0 fully saturated rings. The van der Waals surface area contributed by atoms with Crippen molar-refractivity contribution in [1.82, 2.24) is 0 Å². The van der Waals surface area contributed by atoms with Crippen LogP contribution in [0.2, 0.25) is 0 Å². The van der Waals surface area contributed by atoms with Crippen LogP contribution < -0.4 is 0 Å². The lowest BCUT2D eigenvalue weighted by Crippen LogP contribution is -2.25. The van der Waals surface area contributed by atoms with Crippen molar-refractivity contribution in [2.45, 2.75) is 135 Å². The number of carboxylic acid groups (broad SMARTS) is 1. The topological polar surface area (TPSA) is 85.8 Å². The minimum Gasteiger partial charge on any atom is -0.481 e. The van der Waals surface area contributed by atoms with Crippen LogP contribution in [0.5, 0.6) is 0 Å². The summed E-state index contributed by atoms with van der Waals surface area (Å²) in [7, 11) is 0. The zero-order chi connectivity index (χ0) is 21.3. The molecule has 1 atom stereocenters.